The standard InChI is InChI=1S/C45H58N6O8/c1-9-50-38-13-12-29-21-33(38)34(40(50)35-23-46-15-14-30(35)24-58-8)22-45(5,6)25-59-44(57)36-11-10-16-51(48-36)43(56)37(19-28-17-31(29)20-32(53)18-28)47-41(54)39(26(2)3)49(7)42(55)27(4)52/h12-15,17-18,20-21,23,26-27,36-37,39,48,52-53H,9-11,16,19,22,24-25H2,1-8H3,(H,47,54)/t27-,36-,37-,39-/m0/s1. The average Bonchev–Trinajstić information content (AvgIpc) is 3.50. The van der Waals surface area contributed by atoms with Crippen molar-refractivity contribution in [1.29, 1.82) is 0 Å². The van der Waals surface area contributed by atoms with Gasteiger partial charge in [0.15, 0.2) is 0 Å². The van der Waals surface area contributed by atoms with Gasteiger partial charge in [-0.3, -0.25) is 29.2 Å². The number of hydrazine groups is 1. The number of aliphatic hydroxyl groups excluding tert-OH is 1. The smallest absolute Gasteiger partial charge is 0.324 e. The van der Waals surface area contributed by atoms with Crippen molar-refractivity contribution in [3.8, 4) is 28.1 Å². The zero-order valence-corrected chi connectivity index (χ0v) is 35.4. The van der Waals surface area contributed by atoms with Crippen LogP contribution < -0.4 is 10.7 Å². The van der Waals surface area contributed by atoms with Crippen LogP contribution in [0, 0.1) is 11.3 Å². The Hall–Kier alpha value is -5.31. The number of ether oxygens (including phenoxy) is 2. The number of pyridine rings is 1. The van der Waals surface area contributed by atoms with Gasteiger partial charge in [-0.25, -0.2) is 5.43 Å². The number of hydrogen-bond donors (Lipinski definition) is 4. The summed E-state index contributed by atoms with van der Waals surface area (Å²) in [5.74, 6) is -2.57. The van der Waals surface area contributed by atoms with Gasteiger partial charge >= 0.3 is 5.97 Å². The number of aliphatic hydroxyl groups is 1. The number of carbonyl (C=O) groups is 4. The van der Waals surface area contributed by atoms with Gasteiger partial charge in [0.25, 0.3) is 11.8 Å². The number of nitrogens with one attached hydrogen (secondary N) is 2. The van der Waals surface area contributed by atoms with Crippen LogP contribution in [0.4, 0.5) is 0 Å². The zero-order chi connectivity index (χ0) is 42.8. The molecule has 316 valence electrons. The Morgan fingerprint density at radius 3 is 2.58 bits per heavy atom. The van der Waals surface area contributed by atoms with Crippen LogP contribution in [-0.4, -0.2) is 105 Å². The van der Waals surface area contributed by atoms with Gasteiger partial charge in [0.2, 0.25) is 5.91 Å². The summed E-state index contributed by atoms with van der Waals surface area (Å²) in [6.45, 7) is 12.6. The second kappa shape index (κ2) is 17.9. The molecule has 0 spiro atoms. The summed E-state index contributed by atoms with van der Waals surface area (Å²) < 4.78 is 13.9. The van der Waals surface area contributed by atoms with Gasteiger partial charge in [-0.15, -0.1) is 0 Å². The summed E-state index contributed by atoms with van der Waals surface area (Å²) in [6.07, 6.45) is 3.79. The summed E-state index contributed by atoms with van der Waals surface area (Å²) in [6, 6.07) is 10.3. The highest BCUT2D eigenvalue weighted by molar-refractivity contribution is 5.96. The van der Waals surface area contributed by atoms with E-state index in [4.69, 9.17) is 9.47 Å². The first-order valence-corrected chi connectivity index (χ1v) is 20.4. The Bertz CT molecular complexity index is 2210. The third-order valence-corrected chi connectivity index (χ3v) is 11.3. The van der Waals surface area contributed by atoms with Crippen LogP contribution in [0.1, 0.15) is 71.1 Å². The molecule has 0 aliphatic carbocycles. The van der Waals surface area contributed by atoms with E-state index in [-0.39, 0.29) is 31.2 Å². The van der Waals surface area contributed by atoms with Crippen LogP contribution >= 0.6 is 0 Å². The van der Waals surface area contributed by atoms with E-state index >= 15 is 0 Å². The van der Waals surface area contributed by atoms with Crippen LogP contribution in [0.15, 0.2) is 54.9 Å². The quantitative estimate of drug-likeness (QED) is 0.173. The third kappa shape index (κ3) is 9.29. The average molecular weight is 811 g/mol. The number of methoxy groups -OCH3 is 1. The summed E-state index contributed by atoms with van der Waals surface area (Å²) in [5, 5.41) is 26.5. The number of aromatic nitrogens is 2. The second-order valence-electron chi connectivity index (χ2n) is 17.0. The van der Waals surface area contributed by atoms with E-state index in [0.29, 0.717) is 43.5 Å². The van der Waals surface area contributed by atoms with Gasteiger partial charge in [0.1, 0.15) is 30.0 Å². The minimum atomic E-state index is -1.33. The number of fused-ring (bicyclic) bond motifs is 6. The van der Waals surface area contributed by atoms with Crippen molar-refractivity contribution in [3.05, 3.63) is 71.5 Å². The normalized spacial score (nSPS) is 19.5. The molecule has 0 saturated carbocycles. The summed E-state index contributed by atoms with van der Waals surface area (Å²) in [7, 11) is 3.12. The Labute approximate surface area is 345 Å². The molecular weight excluding hydrogens is 753 g/mol. The number of carbonyl (C=O) groups excluding carboxylic acids is 4. The zero-order valence-electron chi connectivity index (χ0n) is 35.4. The molecule has 2 aliphatic heterocycles. The fourth-order valence-corrected chi connectivity index (χ4v) is 8.55. The van der Waals surface area contributed by atoms with Crippen molar-refractivity contribution in [2.45, 2.75) is 105 Å². The van der Waals surface area contributed by atoms with Crippen LogP contribution in [0.2, 0.25) is 0 Å². The minimum Gasteiger partial charge on any atom is -0.508 e. The van der Waals surface area contributed by atoms with E-state index in [1.165, 1.54) is 23.9 Å². The fraction of sp³-hybridized carbons (Fsp3) is 0.489. The maximum atomic E-state index is 14.5. The topological polar surface area (TPSA) is 176 Å². The van der Waals surface area contributed by atoms with Crippen molar-refractivity contribution in [2.24, 2.45) is 11.3 Å². The summed E-state index contributed by atoms with van der Waals surface area (Å²) in [4.78, 5) is 60.9. The first kappa shape index (κ1) is 43.3. The van der Waals surface area contributed by atoms with Gasteiger partial charge in [-0.1, -0.05) is 39.8 Å². The van der Waals surface area contributed by atoms with Gasteiger partial charge in [-0.2, -0.15) is 0 Å². The third-order valence-electron chi connectivity index (χ3n) is 11.3. The number of hydrogen-bond acceptors (Lipinski definition) is 10. The van der Waals surface area contributed by atoms with Crippen molar-refractivity contribution in [1.82, 2.24) is 30.2 Å². The number of benzene rings is 2. The van der Waals surface area contributed by atoms with Crippen molar-refractivity contribution >= 4 is 34.6 Å². The molecule has 3 amide bonds. The number of aromatic hydroxyl groups is 1. The maximum absolute atomic E-state index is 14.5. The van der Waals surface area contributed by atoms with E-state index in [1.54, 1.807) is 39.3 Å². The van der Waals surface area contributed by atoms with Crippen LogP contribution in [-0.2, 0) is 54.6 Å². The van der Waals surface area contributed by atoms with E-state index in [2.05, 4.69) is 53.2 Å². The van der Waals surface area contributed by atoms with Crippen LogP contribution in [0.3, 0.4) is 0 Å². The van der Waals surface area contributed by atoms with Crippen molar-refractivity contribution in [2.75, 3.05) is 27.3 Å². The Morgan fingerprint density at radius 1 is 1.12 bits per heavy atom. The molecular formula is C45H58N6O8. The number of phenolic OH excluding ortho intramolecular Hbond substituents is 1. The number of nitrogens with zero attached hydrogens (tertiary/aromatic N) is 4. The SMILES string of the molecule is CCn1c(-c2cnccc2COC)c2c3cc(ccc31)-c1cc(O)cc(c1)C[C@H](NC(=O)[C@H](C(C)C)N(C)C(=O)[C@H](C)O)C(=O)N1CCC[C@H](N1)C(=O)OCC(C)(C)C2. The van der Waals surface area contributed by atoms with Gasteiger partial charge in [0.05, 0.1) is 18.9 Å². The van der Waals surface area contributed by atoms with E-state index in [1.807, 2.05) is 24.4 Å². The molecule has 2 aromatic carbocycles. The molecule has 6 rings (SSSR count). The predicted molar refractivity (Wildman–Crippen MR) is 224 cm³/mol. The highest BCUT2D eigenvalue weighted by Gasteiger charge is 2.38. The predicted octanol–water partition coefficient (Wildman–Crippen LogP) is 4.75. The largest absolute Gasteiger partial charge is 0.508 e. The summed E-state index contributed by atoms with van der Waals surface area (Å²) in [5.41, 5.74) is 9.69. The Balaban J connectivity index is 1.51. The van der Waals surface area contributed by atoms with E-state index in [9.17, 15) is 29.4 Å². The molecule has 4 atom stereocenters. The molecule has 4 aromatic rings. The Kier molecular flexibility index (Phi) is 13.1. The summed E-state index contributed by atoms with van der Waals surface area (Å²) >= 11 is 0. The van der Waals surface area contributed by atoms with Crippen LogP contribution in [0.5, 0.6) is 5.75 Å². The lowest BCUT2D eigenvalue weighted by Crippen LogP contribution is -2.62. The molecule has 4 heterocycles. The molecule has 6 bridgehead atoms. The molecule has 4 N–H and O–H groups in total. The van der Waals surface area contributed by atoms with E-state index < -0.39 is 53.3 Å². The number of cyclic esters (lactones) is 1. The first-order chi connectivity index (χ1) is 28.0. The number of phenols is 1. The van der Waals surface area contributed by atoms with Gasteiger partial charge in [-0.05, 0) is 97.2 Å². The molecule has 0 unspecified atom stereocenters. The number of rotatable bonds is 9. The first-order valence-electron chi connectivity index (χ1n) is 20.4. The van der Waals surface area contributed by atoms with Crippen LogP contribution in [0.25, 0.3) is 33.3 Å². The fourth-order valence-electron chi connectivity index (χ4n) is 8.55. The number of esters is 1. The van der Waals surface area contributed by atoms with Crippen molar-refractivity contribution < 1.29 is 38.9 Å². The lowest BCUT2D eigenvalue weighted by Gasteiger charge is -2.37. The van der Waals surface area contributed by atoms with Crippen molar-refractivity contribution in [3.63, 3.8) is 0 Å². The lowest BCUT2D eigenvalue weighted by atomic mass is 9.84. The number of amides is 3. The molecule has 59 heavy (non-hydrogen) atoms. The van der Waals surface area contributed by atoms with Gasteiger partial charge < -0.3 is 34.5 Å². The highest BCUT2D eigenvalue weighted by Crippen LogP contribution is 2.41. The molecule has 14 heteroatoms. The number of likely N-dealkylation sites (N-methyl/N-ethyl adjacent to an activating group) is 1. The molecule has 1 fully saturated rings. The molecule has 1 saturated heterocycles. The molecule has 2 aromatic heterocycles. The lowest BCUT2D eigenvalue weighted by molar-refractivity contribution is -0.155. The Morgan fingerprint density at radius 2 is 1.88 bits per heavy atom. The highest BCUT2D eigenvalue weighted by atomic mass is 16.5. The van der Waals surface area contributed by atoms with Gasteiger partial charge in [0, 0.05) is 67.9 Å². The number of aryl methyl sites for hydroxylation is 1. The maximum Gasteiger partial charge on any atom is 0.324 e. The molecule has 0 radical (unpaired) electrons. The second-order valence-corrected chi connectivity index (χ2v) is 17.0. The van der Waals surface area contributed by atoms with E-state index in [0.717, 1.165) is 38.9 Å². The monoisotopic (exact) mass is 810 g/mol. The minimum absolute atomic E-state index is 0.0144. The molecule has 2 aliphatic rings. The molecule has 14 nitrogen and oxygen atoms in total.